The maximum atomic E-state index is 13.8. The summed E-state index contributed by atoms with van der Waals surface area (Å²) >= 11 is 5.90. The zero-order valence-corrected chi connectivity index (χ0v) is 18.4. The van der Waals surface area contributed by atoms with Crippen LogP contribution in [-0.4, -0.2) is 20.6 Å². The molecule has 0 saturated carbocycles. The molecule has 0 aliphatic rings. The van der Waals surface area contributed by atoms with Crippen LogP contribution in [0.25, 0.3) is 44.3 Å². The number of halogens is 3. The van der Waals surface area contributed by atoms with Gasteiger partial charge in [-0.3, -0.25) is 9.67 Å². The Labute approximate surface area is 195 Å². The summed E-state index contributed by atoms with van der Waals surface area (Å²) in [4.78, 5) is 4.17. The maximum absolute atomic E-state index is 13.8. The Kier molecular flexibility index (Phi) is 5.88. The lowest BCUT2D eigenvalue weighted by atomic mass is 9.86. The third-order valence-corrected chi connectivity index (χ3v) is 5.91. The number of hydrogen-bond donors (Lipinski definition) is 0. The van der Waals surface area contributed by atoms with E-state index < -0.39 is 0 Å². The van der Waals surface area contributed by atoms with Crippen molar-refractivity contribution in [3.63, 3.8) is 0 Å². The molecule has 0 aliphatic heterocycles. The largest absolute Gasteiger partial charge is 0.271 e. The van der Waals surface area contributed by atoms with Gasteiger partial charge in [0, 0.05) is 42.0 Å². The minimum absolute atomic E-state index is 0.297. The predicted octanol–water partition coefficient (Wildman–Crippen LogP) is 7.34. The molecule has 0 unspecified atom stereocenters. The van der Waals surface area contributed by atoms with Crippen LogP contribution in [0.2, 0.25) is 0 Å². The van der Waals surface area contributed by atoms with E-state index >= 15 is 0 Å². The first-order valence-electron chi connectivity index (χ1n) is 10.7. The zero-order valence-electron chi connectivity index (χ0n) is 17.7. The lowest BCUT2D eigenvalue weighted by molar-refractivity contribution is 0.611. The molecule has 0 saturated heterocycles. The normalized spacial score (nSPS) is 11.2. The summed E-state index contributed by atoms with van der Waals surface area (Å²) in [5.74, 6) is -0.0493. The molecular formula is C27H20ClF2N3. The van der Waals surface area contributed by atoms with Crippen LogP contribution in [0.5, 0.6) is 0 Å². The number of alkyl halides is 1. The number of aromatic nitrogens is 3. The molecular weight excluding hydrogens is 440 g/mol. The van der Waals surface area contributed by atoms with Crippen LogP contribution in [0.3, 0.4) is 0 Å². The fraction of sp³-hybridized carbons (Fsp3) is 0.111. The minimum Gasteiger partial charge on any atom is -0.271 e. The van der Waals surface area contributed by atoms with Gasteiger partial charge >= 0.3 is 0 Å². The number of benzene rings is 3. The van der Waals surface area contributed by atoms with Gasteiger partial charge in [0.15, 0.2) is 0 Å². The number of rotatable bonds is 6. The van der Waals surface area contributed by atoms with Gasteiger partial charge < -0.3 is 0 Å². The van der Waals surface area contributed by atoms with E-state index in [2.05, 4.69) is 4.98 Å². The summed E-state index contributed by atoms with van der Waals surface area (Å²) in [6.45, 7) is 0.692. The first-order chi connectivity index (χ1) is 16.1. The highest BCUT2D eigenvalue weighted by Crippen LogP contribution is 2.44. The van der Waals surface area contributed by atoms with Gasteiger partial charge in [0.05, 0.1) is 5.52 Å². The average molecular weight is 460 g/mol. The minimum atomic E-state index is -0.298. The van der Waals surface area contributed by atoms with E-state index in [1.54, 1.807) is 36.7 Å². The van der Waals surface area contributed by atoms with Gasteiger partial charge in [-0.05, 0) is 76.7 Å². The Morgan fingerprint density at radius 1 is 0.758 bits per heavy atom. The van der Waals surface area contributed by atoms with E-state index in [1.165, 1.54) is 24.3 Å². The van der Waals surface area contributed by atoms with Crippen molar-refractivity contribution in [3.05, 3.63) is 97.0 Å². The number of fused-ring (bicyclic) bond motifs is 1. The molecule has 3 nitrogen and oxygen atoms in total. The number of hydrogen-bond acceptors (Lipinski definition) is 2. The smallest absolute Gasteiger partial charge is 0.123 e. The molecule has 0 radical (unpaired) electrons. The van der Waals surface area contributed by atoms with Crippen molar-refractivity contribution in [2.24, 2.45) is 0 Å². The molecule has 2 aromatic heterocycles. The molecule has 0 fully saturated rings. The predicted molar refractivity (Wildman–Crippen MR) is 129 cm³/mol. The second kappa shape index (κ2) is 9.12. The second-order valence-electron chi connectivity index (χ2n) is 7.79. The SMILES string of the molecule is Fc1ccc(-c2cc3nn(CCCCl)cc3c(-c3ccc(F)cc3)c2-c2ccncc2)cc1. The molecule has 2 heterocycles. The van der Waals surface area contributed by atoms with E-state index in [1.807, 2.05) is 29.1 Å². The molecule has 33 heavy (non-hydrogen) atoms. The Bertz CT molecular complexity index is 1400. The molecule has 6 heteroatoms. The van der Waals surface area contributed by atoms with Crippen LogP contribution in [0.15, 0.2) is 85.3 Å². The Balaban J connectivity index is 1.88. The molecule has 164 valence electrons. The topological polar surface area (TPSA) is 30.7 Å². The van der Waals surface area contributed by atoms with Crippen LogP contribution in [-0.2, 0) is 6.54 Å². The summed E-state index contributed by atoms with van der Waals surface area (Å²) in [6, 6.07) is 18.8. The van der Waals surface area contributed by atoms with Crippen molar-refractivity contribution in [2.45, 2.75) is 13.0 Å². The van der Waals surface area contributed by atoms with Crippen LogP contribution in [0.1, 0.15) is 6.42 Å². The van der Waals surface area contributed by atoms with E-state index in [0.717, 1.165) is 50.7 Å². The summed E-state index contributed by atoms with van der Waals surface area (Å²) in [6.07, 6.45) is 6.29. The van der Waals surface area contributed by atoms with Gasteiger partial charge in [0.25, 0.3) is 0 Å². The van der Waals surface area contributed by atoms with Gasteiger partial charge in [-0.25, -0.2) is 8.78 Å². The second-order valence-corrected chi connectivity index (χ2v) is 8.17. The molecule has 0 amide bonds. The lowest BCUT2D eigenvalue weighted by Gasteiger charge is -2.17. The fourth-order valence-corrected chi connectivity index (χ4v) is 4.26. The van der Waals surface area contributed by atoms with Crippen molar-refractivity contribution in [2.75, 3.05) is 5.88 Å². The lowest BCUT2D eigenvalue weighted by Crippen LogP contribution is -1.98. The monoisotopic (exact) mass is 459 g/mol. The van der Waals surface area contributed by atoms with Gasteiger partial charge in [-0.1, -0.05) is 24.3 Å². The van der Waals surface area contributed by atoms with E-state index in [4.69, 9.17) is 16.7 Å². The molecule has 0 N–H and O–H groups in total. The average Bonchev–Trinajstić information content (AvgIpc) is 3.26. The van der Waals surface area contributed by atoms with Gasteiger partial charge in [0.2, 0.25) is 0 Å². The molecule has 3 aromatic carbocycles. The van der Waals surface area contributed by atoms with Crippen molar-refractivity contribution >= 4 is 22.5 Å². The molecule has 5 rings (SSSR count). The Morgan fingerprint density at radius 2 is 1.36 bits per heavy atom. The molecule has 0 aliphatic carbocycles. The highest BCUT2D eigenvalue weighted by atomic mass is 35.5. The number of nitrogens with zero attached hydrogens (tertiary/aromatic N) is 3. The third-order valence-electron chi connectivity index (χ3n) is 5.64. The third kappa shape index (κ3) is 4.24. The standard InChI is InChI=1S/C27H20ClF2N3/c28-12-1-15-33-17-24-25(32-33)16-23(18-2-6-21(29)7-3-18)26(20-10-13-31-14-11-20)27(24)19-4-8-22(30)9-5-19/h2-11,13-14,16-17H,1,12,15H2. The summed E-state index contributed by atoms with van der Waals surface area (Å²) in [5, 5.41) is 5.74. The quantitative estimate of drug-likeness (QED) is 0.249. The van der Waals surface area contributed by atoms with Gasteiger partial charge in [-0.15, -0.1) is 11.6 Å². The van der Waals surface area contributed by atoms with E-state index in [-0.39, 0.29) is 11.6 Å². The van der Waals surface area contributed by atoms with Crippen LogP contribution in [0.4, 0.5) is 8.78 Å². The first-order valence-corrected chi connectivity index (χ1v) is 11.2. The summed E-state index contributed by atoms with van der Waals surface area (Å²) in [7, 11) is 0. The molecule has 0 spiro atoms. The fourth-order valence-electron chi connectivity index (χ4n) is 4.14. The van der Waals surface area contributed by atoms with Crippen molar-refractivity contribution in [1.29, 1.82) is 0 Å². The molecule has 0 atom stereocenters. The highest BCUT2D eigenvalue weighted by Gasteiger charge is 2.20. The number of aryl methyl sites for hydroxylation is 1. The van der Waals surface area contributed by atoms with Crippen LogP contribution < -0.4 is 0 Å². The highest BCUT2D eigenvalue weighted by molar-refractivity contribution is 6.17. The van der Waals surface area contributed by atoms with Gasteiger partial charge in [-0.2, -0.15) is 5.10 Å². The van der Waals surface area contributed by atoms with Gasteiger partial charge in [0.1, 0.15) is 11.6 Å². The van der Waals surface area contributed by atoms with Crippen LogP contribution in [0, 0.1) is 11.6 Å². The van der Waals surface area contributed by atoms with Crippen LogP contribution >= 0.6 is 11.6 Å². The maximum Gasteiger partial charge on any atom is 0.123 e. The molecule has 5 aromatic rings. The van der Waals surface area contributed by atoms with Crippen molar-refractivity contribution in [3.8, 4) is 33.4 Å². The summed E-state index contributed by atoms with van der Waals surface area (Å²) in [5.41, 5.74) is 6.31. The number of pyridine rings is 1. The first kappa shape index (κ1) is 21.3. The zero-order chi connectivity index (χ0) is 22.8. The van der Waals surface area contributed by atoms with Crippen molar-refractivity contribution in [1.82, 2.24) is 14.8 Å². The van der Waals surface area contributed by atoms with Crippen molar-refractivity contribution < 1.29 is 8.78 Å². The molecule has 0 bridgehead atoms. The van der Waals surface area contributed by atoms with E-state index in [0.29, 0.717) is 12.4 Å². The van der Waals surface area contributed by atoms with E-state index in [9.17, 15) is 8.78 Å². The summed E-state index contributed by atoms with van der Waals surface area (Å²) < 4.78 is 29.4. The Hall–Kier alpha value is -3.57. The Morgan fingerprint density at radius 3 is 2.00 bits per heavy atom.